The molecule has 0 heterocycles. The summed E-state index contributed by atoms with van der Waals surface area (Å²) in [6.45, 7) is 0. The second-order valence-electron chi connectivity index (χ2n) is 22.4. The van der Waals surface area contributed by atoms with Crippen LogP contribution in [0.1, 0.15) is 43.2 Å². The fraction of sp³-hybridized carbons (Fsp3) is 0.0750. The average molecular weight is 1080 g/mol. The summed E-state index contributed by atoms with van der Waals surface area (Å²) in [6.07, 6.45) is 6.21. The lowest BCUT2D eigenvalue weighted by atomic mass is 9.68. The topological polar surface area (TPSA) is 13.0 Å². The number of nitrogens with zero attached hydrogens (tertiary/aromatic N) is 4. The monoisotopic (exact) mass is 1080 g/mol. The first kappa shape index (κ1) is 50.5. The molecule has 4 nitrogen and oxygen atoms in total. The molecule has 0 aliphatic heterocycles. The highest BCUT2D eigenvalue weighted by Crippen LogP contribution is 2.57. The van der Waals surface area contributed by atoms with Crippen LogP contribution in [0, 0.1) is 0 Å². The van der Waals surface area contributed by atoms with E-state index in [-0.39, 0.29) is 5.41 Å². The maximum absolute atomic E-state index is 2.54. The molecule has 0 aromatic heterocycles. The molecule has 1 fully saturated rings. The minimum atomic E-state index is 0.0497. The van der Waals surface area contributed by atoms with E-state index in [2.05, 4.69) is 335 Å². The third kappa shape index (κ3) is 9.13. The van der Waals surface area contributed by atoms with Crippen LogP contribution in [0.15, 0.2) is 315 Å². The zero-order valence-corrected chi connectivity index (χ0v) is 46.8. The van der Waals surface area contributed by atoms with Crippen LogP contribution in [0.5, 0.6) is 0 Å². The van der Waals surface area contributed by atoms with Crippen molar-refractivity contribution >= 4 is 89.8 Å². The lowest BCUT2D eigenvalue weighted by molar-refractivity contribution is 0.353. The van der Waals surface area contributed by atoms with Crippen LogP contribution in [-0.2, 0) is 5.41 Å². The fourth-order valence-corrected chi connectivity index (χ4v) is 13.7. The molecule has 402 valence electrons. The van der Waals surface area contributed by atoms with Gasteiger partial charge in [-0.05, 0) is 190 Å². The molecule has 13 aromatic rings. The summed E-state index contributed by atoms with van der Waals surface area (Å²) in [6, 6.07) is 115. The van der Waals surface area contributed by atoms with Gasteiger partial charge in [0.25, 0.3) is 0 Å². The Bertz CT molecular complexity index is 4430. The molecule has 0 atom stereocenters. The first-order chi connectivity index (χ1) is 41.6. The van der Waals surface area contributed by atoms with Gasteiger partial charge in [-0.3, -0.25) is 0 Å². The predicted molar refractivity (Wildman–Crippen MR) is 355 cm³/mol. The molecule has 1 saturated carbocycles. The summed E-state index contributed by atoms with van der Waals surface area (Å²) >= 11 is 0. The summed E-state index contributed by atoms with van der Waals surface area (Å²) in [5.41, 5.74) is 21.5. The Morgan fingerprint density at radius 2 is 0.560 bits per heavy atom. The standard InChI is InChI=1S/C80H62N4/c1-5-25-62(26-6-1)81(67-45-49-69(50-46-67)83(64-29-9-3-10-30-64)78-35-19-23-60-21-11-13-31-72(60)78)65-41-37-58(38-42-65)59-39-43-66(44-40-59)82(63-27-7-2-8-28-63)68-47-51-70(52-48-68)84(79-36-20-24-61-22-12-14-32-73(61)79)71-53-54-75-74-33-15-16-34-76(74)80(77(75)57-71)55-17-4-18-56-80/h1-3,5-16,19-54,57H,4,17-18,55-56H2. The summed E-state index contributed by atoms with van der Waals surface area (Å²) in [4.78, 5) is 9.54. The Kier molecular flexibility index (Phi) is 13.1. The molecule has 0 saturated heterocycles. The quantitative estimate of drug-likeness (QED) is 0.114. The van der Waals surface area contributed by atoms with Crippen molar-refractivity contribution in [3.8, 4) is 22.3 Å². The van der Waals surface area contributed by atoms with Gasteiger partial charge in [-0.2, -0.15) is 0 Å². The molecular formula is C80H62N4. The SMILES string of the molecule is c1ccc(N(c2ccc(-c3ccc(N(c4ccccc4)c4ccc(N(c5ccc6c(c5)C5(CCCCC5)c5ccccc5-6)c5cccc6ccccc56)cc4)cc3)cc2)c2ccc(N(c3ccccc3)c3cccc4ccccc34)cc2)cc1. The van der Waals surface area contributed by atoms with Crippen molar-refractivity contribution in [2.75, 3.05) is 19.6 Å². The number of hydrogen-bond donors (Lipinski definition) is 0. The Balaban J connectivity index is 0.743. The van der Waals surface area contributed by atoms with Gasteiger partial charge in [0.15, 0.2) is 0 Å². The minimum absolute atomic E-state index is 0.0497. The van der Waals surface area contributed by atoms with Crippen LogP contribution in [-0.4, -0.2) is 0 Å². The highest BCUT2D eigenvalue weighted by Gasteiger charge is 2.44. The van der Waals surface area contributed by atoms with Gasteiger partial charge in [-0.1, -0.05) is 201 Å². The molecule has 1 spiro atoms. The maximum Gasteiger partial charge on any atom is 0.0540 e. The van der Waals surface area contributed by atoms with Gasteiger partial charge in [0, 0.05) is 73.1 Å². The number of rotatable bonds is 13. The first-order valence-corrected chi connectivity index (χ1v) is 29.6. The fourth-order valence-electron chi connectivity index (χ4n) is 13.7. The van der Waals surface area contributed by atoms with Crippen molar-refractivity contribution in [3.63, 3.8) is 0 Å². The number of para-hydroxylation sites is 3. The number of benzene rings is 13. The zero-order valence-electron chi connectivity index (χ0n) is 46.8. The van der Waals surface area contributed by atoms with Gasteiger partial charge in [0.1, 0.15) is 0 Å². The first-order valence-electron chi connectivity index (χ1n) is 29.6. The minimum Gasteiger partial charge on any atom is -0.311 e. The molecule has 4 heteroatoms. The highest BCUT2D eigenvalue weighted by atomic mass is 15.2. The van der Waals surface area contributed by atoms with Gasteiger partial charge in [-0.25, -0.2) is 0 Å². The Morgan fingerprint density at radius 1 is 0.226 bits per heavy atom. The second kappa shape index (κ2) is 21.8. The van der Waals surface area contributed by atoms with E-state index in [1.54, 1.807) is 0 Å². The Morgan fingerprint density at radius 3 is 1.04 bits per heavy atom. The smallest absolute Gasteiger partial charge is 0.0540 e. The molecular weight excluding hydrogens is 1020 g/mol. The molecule has 0 unspecified atom stereocenters. The summed E-state index contributed by atoms with van der Waals surface area (Å²) in [5.74, 6) is 0. The largest absolute Gasteiger partial charge is 0.311 e. The van der Waals surface area contributed by atoms with Crippen LogP contribution in [0.4, 0.5) is 68.2 Å². The van der Waals surface area contributed by atoms with Crippen LogP contribution >= 0.6 is 0 Å². The summed E-state index contributed by atoms with van der Waals surface area (Å²) < 4.78 is 0. The van der Waals surface area contributed by atoms with Gasteiger partial charge < -0.3 is 19.6 Å². The van der Waals surface area contributed by atoms with Crippen molar-refractivity contribution in [2.45, 2.75) is 37.5 Å². The van der Waals surface area contributed by atoms with Gasteiger partial charge in [-0.15, -0.1) is 0 Å². The van der Waals surface area contributed by atoms with E-state index >= 15 is 0 Å². The molecule has 13 aromatic carbocycles. The third-order valence-corrected chi connectivity index (χ3v) is 17.6. The van der Waals surface area contributed by atoms with Gasteiger partial charge >= 0.3 is 0 Å². The molecule has 84 heavy (non-hydrogen) atoms. The molecule has 0 radical (unpaired) electrons. The van der Waals surface area contributed by atoms with Gasteiger partial charge in [0.05, 0.1) is 11.4 Å². The number of hydrogen-bond acceptors (Lipinski definition) is 4. The predicted octanol–water partition coefficient (Wildman–Crippen LogP) is 22.8. The van der Waals surface area contributed by atoms with Crippen molar-refractivity contribution in [3.05, 3.63) is 327 Å². The van der Waals surface area contributed by atoms with E-state index in [4.69, 9.17) is 0 Å². The molecule has 2 aliphatic carbocycles. The molecule has 15 rings (SSSR count). The molecule has 0 bridgehead atoms. The zero-order chi connectivity index (χ0) is 55.8. The molecule has 2 aliphatic rings. The van der Waals surface area contributed by atoms with Crippen LogP contribution in [0.25, 0.3) is 43.8 Å². The average Bonchev–Trinajstić information content (AvgIpc) is 3.09. The van der Waals surface area contributed by atoms with Crippen LogP contribution in [0.3, 0.4) is 0 Å². The van der Waals surface area contributed by atoms with E-state index in [0.29, 0.717) is 0 Å². The van der Waals surface area contributed by atoms with Gasteiger partial charge in [0.2, 0.25) is 0 Å². The van der Waals surface area contributed by atoms with Crippen LogP contribution < -0.4 is 19.6 Å². The third-order valence-electron chi connectivity index (χ3n) is 17.6. The Hall–Kier alpha value is -10.4. The molecule has 0 N–H and O–H groups in total. The number of anilines is 12. The van der Waals surface area contributed by atoms with Crippen LogP contribution in [0.2, 0.25) is 0 Å². The second-order valence-corrected chi connectivity index (χ2v) is 22.4. The molecule has 0 amide bonds. The van der Waals surface area contributed by atoms with Crippen molar-refractivity contribution in [1.82, 2.24) is 0 Å². The van der Waals surface area contributed by atoms with Crippen molar-refractivity contribution < 1.29 is 0 Å². The van der Waals surface area contributed by atoms with E-state index in [9.17, 15) is 0 Å². The lowest BCUT2D eigenvalue weighted by Gasteiger charge is -2.36. The normalized spacial score (nSPS) is 13.1. The van der Waals surface area contributed by atoms with E-state index in [1.165, 1.54) is 87.3 Å². The van der Waals surface area contributed by atoms with E-state index < -0.39 is 0 Å². The highest BCUT2D eigenvalue weighted by molar-refractivity contribution is 6.01. The van der Waals surface area contributed by atoms with Crippen molar-refractivity contribution in [1.29, 1.82) is 0 Å². The summed E-state index contributed by atoms with van der Waals surface area (Å²) in [5, 5.41) is 4.87. The maximum atomic E-state index is 2.54. The lowest BCUT2D eigenvalue weighted by Crippen LogP contribution is -2.28. The Labute approximate surface area is 493 Å². The van der Waals surface area contributed by atoms with E-state index in [1.807, 2.05) is 0 Å². The van der Waals surface area contributed by atoms with Crippen molar-refractivity contribution in [2.24, 2.45) is 0 Å². The van der Waals surface area contributed by atoms with E-state index in [0.717, 1.165) is 68.0 Å². The summed E-state index contributed by atoms with van der Waals surface area (Å²) in [7, 11) is 0. The number of fused-ring (bicyclic) bond motifs is 7.